The standard InChI is InChI=1S/C36H58S2/c1-5-7-9-11-13-15-17-19-21-23-25-31-33-27-29(3)38-36(33)32(34-28-30(4)37-35(31)34)26-24-22-20-18-16-14-12-10-8-6-2/h27-28H,5-26H2,1-4H3. The SMILES string of the molecule is CCCCCCCCCCCCc1c2cc(C)sc2c(CCCCCCCCCCCC)c2cc(C)sc12. The number of rotatable bonds is 22. The maximum atomic E-state index is 2.52. The van der Waals surface area contributed by atoms with E-state index in [2.05, 4.69) is 62.5 Å². The summed E-state index contributed by atoms with van der Waals surface area (Å²) < 4.78 is 3.23. The third kappa shape index (κ3) is 10.3. The van der Waals surface area contributed by atoms with Gasteiger partial charge in [0.1, 0.15) is 0 Å². The summed E-state index contributed by atoms with van der Waals surface area (Å²) in [7, 11) is 0. The van der Waals surface area contributed by atoms with Gasteiger partial charge in [-0.1, -0.05) is 129 Å². The Kier molecular flexibility index (Phi) is 15.4. The van der Waals surface area contributed by atoms with Crippen LogP contribution in [0.1, 0.15) is 163 Å². The van der Waals surface area contributed by atoms with Gasteiger partial charge in [-0.15, -0.1) is 22.7 Å². The highest BCUT2D eigenvalue weighted by atomic mass is 32.1. The van der Waals surface area contributed by atoms with Crippen LogP contribution in [0.5, 0.6) is 0 Å². The quantitative estimate of drug-likeness (QED) is 0.108. The molecule has 0 aliphatic carbocycles. The lowest BCUT2D eigenvalue weighted by Crippen LogP contribution is -1.93. The summed E-state index contributed by atoms with van der Waals surface area (Å²) in [5.74, 6) is 0. The van der Waals surface area contributed by atoms with E-state index < -0.39 is 0 Å². The summed E-state index contributed by atoms with van der Waals surface area (Å²) in [4.78, 5) is 2.98. The third-order valence-electron chi connectivity index (χ3n) is 8.47. The summed E-state index contributed by atoms with van der Waals surface area (Å²) >= 11 is 4.12. The lowest BCUT2D eigenvalue weighted by atomic mass is 9.94. The predicted octanol–water partition coefficient (Wildman–Crippen LogP) is 13.7. The molecule has 38 heavy (non-hydrogen) atoms. The molecule has 0 radical (unpaired) electrons. The van der Waals surface area contributed by atoms with E-state index in [9.17, 15) is 0 Å². The van der Waals surface area contributed by atoms with E-state index in [0.29, 0.717) is 0 Å². The largest absolute Gasteiger partial charge is 0.140 e. The molecule has 0 nitrogen and oxygen atoms in total. The van der Waals surface area contributed by atoms with E-state index >= 15 is 0 Å². The molecule has 0 fully saturated rings. The van der Waals surface area contributed by atoms with Gasteiger partial charge in [-0.05, 0) is 73.6 Å². The van der Waals surface area contributed by atoms with E-state index in [1.165, 1.54) is 151 Å². The third-order valence-corrected chi connectivity index (χ3v) is 10.7. The molecule has 0 N–H and O–H groups in total. The molecule has 214 valence electrons. The molecule has 3 aromatic rings. The first-order valence-corrected chi connectivity index (χ1v) is 18.2. The van der Waals surface area contributed by atoms with Crippen LogP contribution in [0.15, 0.2) is 12.1 Å². The average molecular weight is 555 g/mol. The van der Waals surface area contributed by atoms with E-state index in [1.54, 1.807) is 31.3 Å². The Morgan fingerprint density at radius 3 is 1.03 bits per heavy atom. The minimum Gasteiger partial charge on any atom is -0.140 e. The lowest BCUT2D eigenvalue weighted by Gasteiger charge is -2.12. The minimum absolute atomic E-state index is 1.26. The first-order chi connectivity index (χ1) is 18.7. The molecule has 2 heteroatoms. The van der Waals surface area contributed by atoms with Gasteiger partial charge in [-0.25, -0.2) is 0 Å². The maximum absolute atomic E-state index is 2.52. The van der Waals surface area contributed by atoms with Crippen LogP contribution in [0.3, 0.4) is 0 Å². The lowest BCUT2D eigenvalue weighted by molar-refractivity contribution is 0.556. The number of benzene rings is 1. The van der Waals surface area contributed by atoms with Crippen molar-refractivity contribution in [2.45, 2.75) is 169 Å². The molecule has 0 saturated heterocycles. The predicted molar refractivity (Wildman–Crippen MR) is 178 cm³/mol. The van der Waals surface area contributed by atoms with Crippen LogP contribution in [0, 0.1) is 13.8 Å². The van der Waals surface area contributed by atoms with Crippen molar-refractivity contribution in [3.05, 3.63) is 33.0 Å². The monoisotopic (exact) mass is 554 g/mol. The first-order valence-electron chi connectivity index (χ1n) is 16.6. The van der Waals surface area contributed by atoms with Crippen LogP contribution >= 0.6 is 22.7 Å². The number of hydrogen-bond donors (Lipinski definition) is 0. The smallest absolute Gasteiger partial charge is 0.0387 e. The van der Waals surface area contributed by atoms with Crippen LogP contribution < -0.4 is 0 Å². The van der Waals surface area contributed by atoms with Crippen molar-refractivity contribution in [2.24, 2.45) is 0 Å². The number of unbranched alkanes of at least 4 members (excludes halogenated alkanes) is 18. The summed E-state index contributed by atoms with van der Waals surface area (Å²) in [6.45, 7) is 9.25. The van der Waals surface area contributed by atoms with Gasteiger partial charge in [0, 0.05) is 19.2 Å². The Morgan fingerprint density at radius 1 is 0.421 bits per heavy atom. The van der Waals surface area contributed by atoms with Gasteiger partial charge < -0.3 is 0 Å². The molecule has 0 spiro atoms. The Labute approximate surface area is 244 Å². The normalized spacial score (nSPS) is 11.9. The molecule has 0 atom stereocenters. The van der Waals surface area contributed by atoms with Crippen molar-refractivity contribution in [3.8, 4) is 0 Å². The van der Waals surface area contributed by atoms with Gasteiger partial charge in [0.25, 0.3) is 0 Å². The molecule has 0 unspecified atom stereocenters. The molecule has 2 aromatic heterocycles. The topological polar surface area (TPSA) is 0 Å². The minimum atomic E-state index is 1.26. The van der Waals surface area contributed by atoms with Crippen molar-refractivity contribution < 1.29 is 0 Å². The van der Waals surface area contributed by atoms with Crippen molar-refractivity contribution in [1.82, 2.24) is 0 Å². The van der Waals surface area contributed by atoms with Crippen molar-refractivity contribution in [3.63, 3.8) is 0 Å². The first kappa shape index (κ1) is 31.7. The Hall–Kier alpha value is -0.860. The summed E-state index contributed by atoms with van der Waals surface area (Å²) in [5.41, 5.74) is 3.34. The summed E-state index contributed by atoms with van der Waals surface area (Å²) in [5, 5.41) is 3.19. The number of hydrogen-bond acceptors (Lipinski definition) is 2. The van der Waals surface area contributed by atoms with Crippen LogP contribution in [0.4, 0.5) is 0 Å². The van der Waals surface area contributed by atoms with Gasteiger partial charge in [0.05, 0.1) is 0 Å². The van der Waals surface area contributed by atoms with Crippen molar-refractivity contribution in [2.75, 3.05) is 0 Å². The fourth-order valence-electron chi connectivity index (χ4n) is 6.24. The fourth-order valence-corrected chi connectivity index (χ4v) is 8.50. The molecule has 2 heterocycles. The van der Waals surface area contributed by atoms with Crippen molar-refractivity contribution >= 4 is 42.8 Å². The van der Waals surface area contributed by atoms with Crippen LogP contribution in [0.25, 0.3) is 20.2 Å². The van der Waals surface area contributed by atoms with Crippen LogP contribution in [0.2, 0.25) is 0 Å². The second-order valence-corrected chi connectivity index (χ2v) is 14.5. The number of fused-ring (bicyclic) bond motifs is 2. The Morgan fingerprint density at radius 2 is 0.711 bits per heavy atom. The zero-order chi connectivity index (χ0) is 27.0. The van der Waals surface area contributed by atoms with Crippen molar-refractivity contribution in [1.29, 1.82) is 0 Å². The maximum Gasteiger partial charge on any atom is 0.0387 e. The van der Waals surface area contributed by atoms with Gasteiger partial charge in [0.2, 0.25) is 0 Å². The van der Waals surface area contributed by atoms with Gasteiger partial charge >= 0.3 is 0 Å². The molecule has 0 amide bonds. The van der Waals surface area contributed by atoms with E-state index in [-0.39, 0.29) is 0 Å². The van der Waals surface area contributed by atoms with Gasteiger partial charge in [0.15, 0.2) is 0 Å². The molecular weight excluding hydrogens is 497 g/mol. The second kappa shape index (κ2) is 18.5. The summed E-state index contributed by atoms with van der Waals surface area (Å²) in [6, 6.07) is 5.03. The average Bonchev–Trinajstić information content (AvgIpc) is 3.48. The van der Waals surface area contributed by atoms with Gasteiger partial charge in [-0.2, -0.15) is 0 Å². The zero-order valence-electron chi connectivity index (χ0n) is 25.5. The Balaban J connectivity index is 1.52. The molecule has 0 bridgehead atoms. The summed E-state index contributed by atoms with van der Waals surface area (Å²) in [6.07, 6.45) is 30.8. The van der Waals surface area contributed by atoms with E-state index in [1.807, 2.05) is 0 Å². The van der Waals surface area contributed by atoms with E-state index in [0.717, 1.165) is 0 Å². The molecule has 1 aromatic carbocycles. The number of thiophene rings is 2. The molecule has 3 rings (SSSR count). The molecule has 0 aliphatic rings. The highest BCUT2D eigenvalue weighted by Gasteiger charge is 2.18. The number of aryl methyl sites for hydroxylation is 4. The Bertz CT molecular complexity index is 900. The molecule has 0 aliphatic heterocycles. The molecule has 0 saturated carbocycles. The van der Waals surface area contributed by atoms with Crippen LogP contribution in [-0.4, -0.2) is 0 Å². The second-order valence-electron chi connectivity index (χ2n) is 12.0. The highest BCUT2D eigenvalue weighted by molar-refractivity contribution is 7.21. The highest BCUT2D eigenvalue weighted by Crippen LogP contribution is 2.42. The van der Waals surface area contributed by atoms with E-state index in [4.69, 9.17) is 0 Å². The fraction of sp³-hybridized carbons (Fsp3) is 0.722. The molecular formula is C36H58S2. The van der Waals surface area contributed by atoms with Gasteiger partial charge in [-0.3, -0.25) is 0 Å². The zero-order valence-corrected chi connectivity index (χ0v) is 27.2. The van der Waals surface area contributed by atoms with Crippen LogP contribution in [-0.2, 0) is 12.8 Å².